The van der Waals surface area contributed by atoms with Gasteiger partial charge in [-0.05, 0) is 54.1 Å². The summed E-state index contributed by atoms with van der Waals surface area (Å²) in [5.74, 6) is -1.75. The van der Waals surface area contributed by atoms with Gasteiger partial charge in [-0.2, -0.15) is 13.2 Å². The first-order chi connectivity index (χ1) is 19.5. The quantitative estimate of drug-likeness (QED) is 0.276. The standard InChI is InChI=1S/C26H26FN5O2.C2HF3O2/c1-31(2)26-24(18-3-5-20(27)6-4-18)25(30-34-26)19-11-12-28-23(17-19)29-21-7-9-22(10-8-21)32-13-15-33-16-14-32;3-2(4,5)1(6)7/h3-12,17H,13-16H2,1-2H3,(H,28,29);(H,6,7). The number of ether oxygens (including phenoxy) is 1. The van der Waals surface area contributed by atoms with Gasteiger partial charge >= 0.3 is 12.1 Å². The largest absolute Gasteiger partial charge is 0.490 e. The summed E-state index contributed by atoms with van der Waals surface area (Å²) in [6.45, 7) is 3.32. The van der Waals surface area contributed by atoms with E-state index in [1.54, 1.807) is 18.3 Å². The van der Waals surface area contributed by atoms with E-state index in [0.29, 0.717) is 17.4 Å². The first kappa shape index (κ1) is 29.3. The van der Waals surface area contributed by atoms with Gasteiger partial charge in [0, 0.05) is 50.3 Å². The summed E-state index contributed by atoms with van der Waals surface area (Å²) < 4.78 is 56.4. The molecule has 0 spiro atoms. The number of halogens is 4. The average molecular weight is 574 g/mol. The average Bonchev–Trinajstić information content (AvgIpc) is 3.40. The van der Waals surface area contributed by atoms with Gasteiger partial charge in [-0.1, -0.05) is 17.3 Å². The zero-order valence-electron chi connectivity index (χ0n) is 22.2. The van der Waals surface area contributed by atoms with E-state index in [-0.39, 0.29) is 5.82 Å². The number of carboxylic acid groups (broad SMARTS) is 1. The van der Waals surface area contributed by atoms with Gasteiger partial charge in [0.1, 0.15) is 17.3 Å². The molecule has 216 valence electrons. The minimum absolute atomic E-state index is 0.289. The van der Waals surface area contributed by atoms with Crippen LogP contribution in [-0.2, 0) is 9.53 Å². The predicted octanol–water partition coefficient (Wildman–Crippen LogP) is 5.82. The number of nitrogens with one attached hydrogen (secondary N) is 1. The van der Waals surface area contributed by atoms with Crippen LogP contribution in [-0.4, -0.2) is 67.8 Å². The number of hydrogen-bond acceptors (Lipinski definition) is 8. The summed E-state index contributed by atoms with van der Waals surface area (Å²) in [4.78, 5) is 17.5. The zero-order chi connectivity index (χ0) is 29.6. The molecule has 2 N–H and O–H groups in total. The first-order valence-electron chi connectivity index (χ1n) is 12.4. The van der Waals surface area contributed by atoms with Crippen molar-refractivity contribution in [1.82, 2.24) is 10.1 Å². The maximum absolute atomic E-state index is 13.5. The van der Waals surface area contributed by atoms with Crippen molar-refractivity contribution in [1.29, 1.82) is 0 Å². The monoisotopic (exact) mass is 573 g/mol. The molecule has 41 heavy (non-hydrogen) atoms. The molecule has 0 bridgehead atoms. The third-order valence-corrected chi connectivity index (χ3v) is 6.00. The number of pyridine rings is 1. The molecule has 0 unspecified atom stereocenters. The van der Waals surface area contributed by atoms with Gasteiger partial charge in [0.05, 0.1) is 18.8 Å². The molecule has 0 atom stereocenters. The Morgan fingerprint density at radius 1 is 1.00 bits per heavy atom. The summed E-state index contributed by atoms with van der Waals surface area (Å²) >= 11 is 0. The maximum Gasteiger partial charge on any atom is 0.490 e. The number of carbonyl (C=O) groups is 1. The minimum Gasteiger partial charge on any atom is -0.475 e. The number of benzene rings is 2. The van der Waals surface area contributed by atoms with E-state index in [2.05, 4.69) is 32.5 Å². The molecular weight excluding hydrogens is 546 g/mol. The molecule has 0 amide bonds. The van der Waals surface area contributed by atoms with Crippen LogP contribution in [0.4, 0.5) is 40.6 Å². The van der Waals surface area contributed by atoms with E-state index in [9.17, 15) is 17.6 Å². The third-order valence-electron chi connectivity index (χ3n) is 6.00. The van der Waals surface area contributed by atoms with Crippen molar-refractivity contribution in [2.75, 3.05) is 55.5 Å². The molecule has 4 aromatic rings. The van der Waals surface area contributed by atoms with Crippen LogP contribution in [0.3, 0.4) is 0 Å². The van der Waals surface area contributed by atoms with Crippen molar-refractivity contribution < 1.29 is 36.7 Å². The van der Waals surface area contributed by atoms with Gasteiger partial charge in [0.2, 0.25) is 5.88 Å². The molecule has 5 rings (SSSR count). The van der Waals surface area contributed by atoms with Crippen molar-refractivity contribution in [3.8, 4) is 22.4 Å². The van der Waals surface area contributed by atoms with Crippen LogP contribution in [0.5, 0.6) is 0 Å². The molecule has 2 aromatic heterocycles. The highest BCUT2D eigenvalue weighted by atomic mass is 19.4. The van der Waals surface area contributed by atoms with Crippen molar-refractivity contribution in [3.05, 3.63) is 72.7 Å². The van der Waals surface area contributed by atoms with Gasteiger partial charge < -0.3 is 29.5 Å². The molecular formula is C28H27F4N5O4. The fourth-order valence-corrected chi connectivity index (χ4v) is 4.03. The molecule has 0 saturated carbocycles. The highest BCUT2D eigenvalue weighted by Crippen LogP contribution is 2.39. The third kappa shape index (κ3) is 7.51. The lowest BCUT2D eigenvalue weighted by Crippen LogP contribution is -2.36. The van der Waals surface area contributed by atoms with E-state index < -0.39 is 12.1 Å². The fourth-order valence-electron chi connectivity index (χ4n) is 4.03. The van der Waals surface area contributed by atoms with Crippen molar-refractivity contribution in [2.45, 2.75) is 6.18 Å². The Morgan fingerprint density at radius 2 is 1.63 bits per heavy atom. The van der Waals surface area contributed by atoms with Gasteiger partial charge in [0.15, 0.2) is 0 Å². The molecule has 1 aliphatic heterocycles. The molecule has 1 fully saturated rings. The molecule has 1 aliphatic rings. The molecule has 2 aromatic carbocycles. The second kappa shape index (κ2) is 12.7. The molecule has 1 saturated heterocycles. The topological polar surface area (TPSA) is 104 Å². The summed E-state index contributed by atoms with van der Waals surface area (Å²) in [5, 5.41) is 14.8. The lowest BCUT2D eigenvalue weighted by atomic mass is 10.0. The van der Waals surface area contributed by atoms with Crippen LogP contribution in [0.2, 0.25) is 0 Å². The Labute approximate surface area is 233 Å². The predicted molar refractivity (Wildman–Crippen MR) is 146 cm³/mol. The molecule has 13 heteroatoms. The normalized spacial score (nSPS) is 13.3. The zero-order valence-corrected chi connectivity index (χ0v) is 22.2. The van der Waals surface area contributed by atoms with Crippen LogP contribution in [0.25, 0.3) is 22.4 Å². The van der Waals surface area contributed by atoms with E-state index in [1.807, 2.05) is 43.3 Å². The second-order valence-electron chi connectivity index (χ2n) is 9.12. The Hall–Kier alpha value is -4.65. The van der Waals surface area contributed by atoms with E-state index >= 15 is 0 Å². The summed E-state index contributed by atoms with van der Waals surface area (Å²) in [7, 11) is 3.77. The highest BCUT2D eigenvalue weighted by molar-refractivity contribution is 5.88. The maximum atomic E-state index is 13.5. The van der Waals surface area contributed by atoms with Crippen molar-refractivity contribution in [3.63, 3.8) is 0 Å². The Morgan fingerprint density at radius 3 is 2.22 bits per heavy atom. The van der Waals surface area contributed by atoms with E-state index in [1.165, 1.54) is 17.8 Å². The summed E-state index contributed by atoms with van der Waals surface area (Å²) in [6, 6.07) is 18.4. The number of aliphatic carboxylic acids is 1. The van der Waals surface area contributed by atoms with Gasteiger partial charge in [0.25, 0.3) is 0 Å². The van der Waals surface area contributed by atoms with Gasteiger partial charge in [-0.3, -0.25) is 0 Å². The smallest absolute Gasteiger partial charge is 0.475 e. The number of morpholine rings is 1. The molecule has 3 heterocycles. The lowest BCUT2D eigenvalue weighted by molar-refractivity contribution is -0.192. The van der Waals surface area contributed by atoms with Crippen LogP contribution >= 0.6 is 0 Å². The summed E-state index contributed by atoms with van der Waals surface area (Å²) in [6.07, 6.45) is -3.35. The molecule has 0 radical (unpaired) electrons. The Bertz CT molecular complexity index is 1450. The summed E-state index contributed by atoms with van der Waals surface area (Å²) in [5.41, 5.74) is 5.26. The van der Waals surface area contributed by atoms with Crippen LogP contribution in [0.1, 0.15) is 0 Å². The van der Waals surface area contributed by atoms with Crippen LogP contribution < -0.4 is 15.1 Å². The molecule has 9 nitrogen and oxygen atoms in total. The van der Waals surface area contributed by atoms with Gasteiger partial charge in [-0.15, -0.1) is 0 Å². The number of alkyl halides is 3. The number of hydrogen-bond donors (Lipinski definition) is 2. The number of carboxylic acids is 1. The number of anilines is 4. The number of nitrogens with zero attached hydrogens (tertiary/aromatic N) is 4. The number of rotatable bonds is 6. The second-order valence-corrected chi connectivity index (χ2v) is 9.12. The van der Waals surface area contributed by atoms with Gasteiger partial charge in [-0.25, -0.2) is 14.2 Å². The van der Waals surface area contributed by atoms with Crippen LogP contribution in [0, 0.1) is 5.82 Å². The minimum atomic E-state index is -5.08. The SMILES string of the molecule is CN(C)c1onc(-c2ccnc(Nc3ccc(N4CCOCC4)cc3)c2)c1-c1ccc(F)cc1.O=C(O)C(F)(F)F. The fraction of sp³-hybridized carbons (Fsp3) is 0.250. The van der Waals surface area contributed by atoms with E-state index in [0.717, 1.165) is 48.7 Å². The van der Waals surface area contributed by atoms with Crippen molar-refractivity contribution in [2.24, 2.45) is 0 Å². The highest BCUT2D eigenvalue weighted by Gasteiger charge is 2.38. The van der Waals surface area contributed by atoms with E-state index in [4.69, 9.17) is 19.2 Å². The first-order valence-corrected chi connectivity index (χ1v) is 12.4. The Balaban J connectivity index is 0.000000493. The molecule has 0 aliphatic carbocycles. The number of aromatic nitrogens is 2. The van der Waals surface area contributed by atoms with Crippen molar-refractivity contribution >= 4 is 29.0 Å². The van der Waals surface area contributed by atoms with Crippen LogP contribution in [0.15, 0.2) is 71.4 Å². The lowest BCUT2D eigenvalue weighted by Gasteiger charge is -2.28. The Kier molecular flexibility index (Phi) is 9.07.